The van der Waals surface area contributed by atoms with Gasteiger partial charge in [-0.15, -0.1) is 0 Å². The normalized spacial score (nSPS) is 15.1. The van der Waals surface area contributed by atoms with Crippen molar-refractivity contribution in [1.29, 1.82) is 0 Å². The van der Waals surface area contributed by atoms with Gasteiger partial charge in [0, 0.05) is 22.7 Å². The third-order valence-corrected chi connectivity index (χ3v) is 6.90. The number of anilines is 4. The van der Waals surface area contributed by atoms with Crippen molar-refractivity contribution in [3.8, 4) is 0 Å². The number of carbonyl (C=O) groups excluding carboxylic acids is 2. The number of halogens is 2. The third kappa shape index (κ3) is 5.01. The van der Waals surface area contributed by atoms with Crippen LogP contribution in [0.1, 0.15) is 0 Å². The quantitative estimate of drug-likeness (QED) is 0.228. The number of nitrogen functional groups attached to an aromatic ring is 2. The second-order valence-electron chi connectivity index (χ2n) is 6.70. The molecule has 0 aromatic heterocycles. The zero-order chi connectivity index (χ0) is 25.6. The van der Waals surface area contributed by atoms with Crippen LogP contribution < -0.4 is 22.1 Å². The van der Waals surface area contributed by atoms with Gasteiger partial charge in [0.25, 0.3) is 0 Å². The number of benzene rings is 2. The average molecular weight is 547 g/mol. The summed E-state index contributed by atoms with van der Waals surface area (Å²) in [5.41, 5.74) is 9.02. The van der Waals surface area contributed by atoms with E-state index in [1.54, 1.807) is 0 Å². The fourth-order valence-corrected chi connectivity index (χ4v) is 4.53. The molecule has 0 atom stereocenters. The van der Waals surface area contributed by atoms with Gasteiger partial charge in [-0.25, -0.2) is 16.8 Å². The monoisotopic (exact) mass is 546 g/mol. The highest BCUT2D eigenvalue weighted by atomic mass is 35.5. The van der Waals surface area contributed by atoms with E-state index in [9.17, 15) is 35.5 Å². The second-order valence-corrected chi connectivity index (χ2v) is 10.2. The van der Waals surface area contributed by atoms with Gasteiger partial charge in [0.15, 0.2) is 0 Å². The summed E-state index contributed by atoms with van der Waals surface area (Å²) in [6, 6.07) is 6.31. The fourth-order valence-electron chi connectivity index (χ4n) is 2.82. The average Bonchev–Trinajstić information content (AvgIpc) is 2.73. The van der Waals surface area contributed by atoms with Crippen LogP contribution in [0.3, 0.4) is 0 Å². The second kappa shape index (κ2) is 8.90. The Hall–Kier alpha value is -3.14. The van der Waals surface area contributed by atoms with Gasteiger partial charge in [-0.2, -0.15) is 0 Å². The molecular weight excluding hydrogens is 535 g/mol. The van der Waals surface area contributed by atoms with Gasteiger partial charge in [-0.3, -0.25) is 9.59 Å². The molecule has 0 heterocycles. The van der Waals surface area contributed by atoms with Crippen molar-refractivity contribution in [2.24, 2.45) is 0 Å². The van der Waals surface area contributed by atoms with Crippen LogP contribution in [0.5, 0.6) is 0 Å². The van der Waals surface area contributed by atoms with Crippen LogP contribution in [0.25, 0.3) is 0 Å². The molecule has 1 aliphatic carbocycles. The van der Waals surface area contributed by atoms with Crippen molar-refractivity contribution < 1.29 is 35.5 Å². The number of nitrogens with one attached hydrogen (secondary N) is 2. The van der Waals surface area contributed by atoms with Crippen LogP contribution in [0.2, 0.25) is 0 Å². The van der Waals surface area contributed by atoms with E-state index >= 15 is 0 Å². The number of rotatable bonds is 6. The largest absolute Gasteiger partial charge is 0.744 e. The Bertz CT molecular complexity index is 1420. The van der Waals surface area contributed by atoms with Gasteiger partial charge < -0.3 is 31.2 Å². The Balaban J connectivity index is 1.96. The number of ketones is 2. The van der Waals surface area contributed by atoms with E-state index < -0.39 is 63.1 Å². The number of carbonyl (C=O) groups is 2. The maximum Gasteiger partial charge on any atom is 0.224 e. The molecular formula is C18H12Cl2N4O8S2-2. The minimum absolute atomic E-state index is 0.109. The molecule has 34 heavy (non-hydrogen) atoms. The van der Waals surface area contributed by atoms with Crippen molar-refractivity contribution in [3.05, 3.63) is 57.9 Å². The molecule has 12 nitrogen and oxygen atoms in total. The molecule has 2 aromatic carbocycles. The van der Waals surface area contributed by atoms with E-state index in [1.165, 1.54) is 12.1 Å². The standard InChI is InChI=1S/C18H14Cl2N4O8S2/c19-13-15(23-7-1-3-9(21)11(5-7)33(27,28)29)17(25)14(20)16(18(13)26)24-8-2-4-10(22)12(6-8)34(30,31)32/h1-6,23-24H,21-22H2,(H,27,28,29)(H,30,31,32)/p-2. The molecule has 0 saturated heterocycles. The highest BCUT2D eigenvalue weighted by molar-refractivity contribution is 7.86. The molecule has 6 N–H and O–H groups in total. The Morgan fingerprint density at radius 3 is 1.29 bits per heavy atom. The molecule has 0 amide bonds. The molecule has 2 aromatic rings. The van der Waals surface area contributed by atoms with E-state index in [0.717, 1.165) is 24.3 Å². The van der Waals surface area contributed by atoms with Crippen molar-refractivity contribution >= 4 is 77.8 Å². The lowest BCUT2D eigenvalue weighted by Crippen LogP contribution is -2.27. The predicted octanol–water partition coefficient (Wildman–Crippen LogP) is 1.24. The van der Waals surface area contributed by atoms with Gasteiger partial charge in [-0.1, -0.05) is 23.2 Å². The lowest BCUT2D eigenvalue weighted by Gasteiger charge is -2.21. The van der Waals surface area contributed by atoms with Gasteiger partial charge in [0.05, 0.1) is 9.79 Å². The highest BCUT2D eigenvalue weighted by Gasteiger charge is 2.34. The van der Waals surface area contributed by atoms with Crippen LogP contribution in [-0.4, -0.2) is 37.5 Å². The van der Waals surface area contributed by atoms with Crippen LogP contribution in [0.4, 0.5) is 22.7 Å². The van der Waals surface area contributed by atoms with E-state index in [2.05, 4.69) is 10.6 Å². The molecule has 0 fully saturated rings. The van der Waals surface area contributed by atoms with E-state index in [4.69, 9.17) is 34.7 Å². The molecule has 0 unspecified atom stereocenters. The SMILES string of the molecule is Nc1ccc(NC2=C(Cl)C(=O)C(Nc3ccc(N)c(S(=O)(=O)[O-])c3)=C(Cl)C2=O)cc1S(=O)(=O)[O-]. The third-order valence-electron chi connectivity index (χ3n) is 4.40. The summed E-state index contributed by atoms with van der Waals surface area (Å²) < 4.78 is 68.0. The van der Waals surface area contributed by atoms with Gasteiger partial charge in [0.2, 0.25) is 11.6 Å². The van der Waals surface area contributed by atoms with Crippen LogP contribution in [0.15, 0.2) is 67.6 Å². The molecule has 16 heteroatoms. The minimum atomic E-state index is -4.94. The first kappa shape index (κ1) is 25.5. The first-order valence-electron chi connectivity index (χ1n) is 8.75. The zero-order valence-electron chi connectivity index (χ0n) is 16.5. The van der Waals surface area contributed by atoms with Crippen molar-refractivity contribution in [2.75, 3.05) is 22.1 Å². The Kier molecular flexibility index (Phi) is 6.67. The van der Waals surface area contributed by atoms with Crippen LogP contribution >= 0.6 is 23.2 Å². The first-order valence-corrected chi connectivity index (χ1v) is 12.3. The molecule has 0 saturated carbocycles. The van der Waals surface area contributed by atoms with Crippen LogP contribution in [-0.2, 0) is 29.8 Å². The highest BCUT2D eigenvalue weighted by Crippen LogP contribution is 2.33. The fraction of sp³-hybridized carbons (Fsp3) is 0. The molecule has 0 aliphatic heterocycles. The molecule has 1 aliphatic rings. The summed E-state index contributed by atoms with van der Waals surface area (Å²) >= 11 is 12.1. The number of hydrogen-bond acceptors (Lipinski definition) is 12. The summed E-state index contributed by atoms with van der Waals surface area (Å²) in [5.74, 6) is -1.99. The minimum Gasteiger partial charge on any atom is -0.744 e. The van der Waals surface area contributed by atoms with Gasteiger partial charge in [0.1, 0.15) is 41.7 Å². The Morgan fingerprint density at radius 2 is 1.00 bits per heavy atom. The van der Waals surface area contributed by atoms with Gasteiger partial charge in [-0.05, 0) is 36.4 Å². The topological polar surface area (TPSA) is 225 Å². The molecule has 180 valence electrons. The first-order chi connectivity index (χ1) is 15.6. The molecule has 0 bridgehead atoms. The maximum atomic E-state index is 12.8. The summed E-state index contributed by atoms with van der Waals surface area (Å²) in [7, 11) is -9.88. The van der Waals surface area contributed by atoms with E-state index in [0.29, 0.717) is 0 Å². The number of hydrogen-bond donors (Lipinski definition) is 4. The number of allylic oxidation sites excluding steroid dienone is 2. The van der Waals surface area contributed by atoms with Crippen molar-refractivity contribution in [3.63, 3.8) is 0 Å². The predicted molar refractivity (Wildman–Crippen MR) is 121 cm³/mol. The van der Waals surface area contributed by atoms with E-state index in [-0.39, 0.29) is 22.7 Å². The molecule has 0 spiro atoms. The molecule has 3 rings (SSSR count). The summed E-state index contributed by atoms with van der Waals surface area (Å²) in [6.45, 7) is 0. The zero-order valence-corrected chi connectivity index (χ0v) is 19.6. The van der Waals surface area contributed by atoms with Crippen molar-refractivity contribution in [2.45, 2.75) is 9.79 Å². The summed E-state index contributed by atoms with van der Waals surface area (Å²) in [6.07, 6.45) is 0. The Labute approximate surface area is 202 Å². The molecule has 0 radical (unpaired) electrons. The van der Waals surface area contributed by atoms with Gasteiger partial charge >= 0.3 is 0 Å². The smallest absolute Gasteiger partial charge is 0.224 e. The Morgan fingerprint density at radius 1 is 0.676 bits per heavy atom. The number of Topliss-reactive ketones (excluding diaryl/α,β-unsaturated/α-hetero) is 2. The van der Waals surface area contributed by atoms with Crippen LogP contribution in [0, 0.1) is 0 Å². The van der Waals surface area contributed by atoms with E-state index in [1.807, 2.05) is 0 Å². The summed E-state index contributed by atoms with van der Waals surface area (Å²) in [4.78, 5) is 24.0. The maximum absolute atomic E-state index is 12.8. The van der Waals surface area contributed by atoms with Crippen molar-refractivity contribution in [1.82, 2.24) is 0 Å². The lowest BCUT2D eigenvalue weighted by atomic mass is 10.0. The lowest BCUT2D eigenvalue weighted by molar-refractivity contribution is -0.115. The summed E-state index contributed by atoms with van der Waals surface area (Å²) in [5, 5.41) is 3.55. The number of nitrogens with two attached hydrogens (primary N) is 2.